The van der Waals surface area contributed by atoms with Crippen molar-refractivity contribution in [2.45, 2.75) is 69.7 Å². The molecule has 2 aliphatic rings. The van der Waals surface area contributed by atoms with Gasteiger partial charge >= 0.3 is 0 Å². The number of para-hydroxylation sites is 1. The van der Waals surface area contributed by atoms with E-state index in [2.05, 4.69) is 27.9 Å². The zero-order valence-electron chi connectivity index (χ0n) is 19.0. The smallest absolute Gasteiger partial charge is 0.247 e. The van der Waals surface area contributed by atoms with Crippen molar-refractivity contribution < 1.29 is 24.5 Å². The van der Waals surface area contributed by atoms with Crippen LogP contribution in [0.4, 0.5) is 0 Å². The fourth-order valence-electron chi connectivity index (χ4n) is 4.54. The average molecular weight is 568 g/mol. The largest absolute Gasteiger partial charge is 0.482 e. The molecular formula is C25H33IN2O5. The van der Waals surface area contributed by atoms with Crippen LogP contribution in [0.3, 0.4) is 0 Å². The normalized spacial score (nSPS) is 23.4. The van der Waals surface area contributed by atoms with Crippen LogP contribution in [0.25, 0.3) is 0 Å². The minimum Gasteiger partial charge on any atom is -0.482 e. The van der Waals surface area contributed by atoms with E-state index in [0.717, 1.165) is 35.7 Å². The number of carbonyl (C=O) groups is 2. The summed E-state index contributed by atoms with van der Waals surface area (Å²) in [7, 11) is 0. The van der Waals surface area contributed by atoms with Gasteiger partial charge < -0.3 is 25.2 Å². The van der Waals surface area contributed by atoms with Crippen molar-refractivity contribution in [3.05, 3.63) is 51.6 Å². The summed E-state index contributed by atoms with van der Waals surface area (Å²) in [6.45, 7) is 1.94. The number of hydrogen-bond donors (Lipinski definition) is 3. The number of amides is 2. The molecule has 0 unspecified atom stereocenters. The maximum Gasteiger partial charge on any atom is 0.247 e. The number of ether oxygens (including phenoxy) is 1. The second kappa shape index (κ2) is 12.5. The summed E-state index contributed by atoms with van der Waals surface area (Å²) in [6.07, 6.45) is 8.08. The van der Waals surface area contributed by atoms with Crippen LogP contribution in [-0.2, 0) is 9.59 Å². The number of nitrogens with zero attached hydrogens (tertiary/aromatic N) is 1. The number of carbonyl (C=O) groups excluding carboxylic acids is 2. The first-order chi connectivity index (χ1) is 16.0. The number of nitrogens with one attached hydrogen (secondary N) is 1. The molecule has 3 rings (SSSR count). The van der Waals surface area contributed by atoms with E-state index in [0.29, 0.717) is 11.3 Å². The molecule has 3 N–H and O–H groups in total. The zero-order valence-corrected chi connectivity index (χ0v) is 21.1. The van der Waals surface area contributed by atoms with Gasteiger partial charge in [0.25, 0.3) is 0 Å². The van der Waals surface area contributed by atoms with Gasteiger partial charge in [-0.15, -0.1) is 0 Å². The summed E-state index contributed by atoms with van der Waals surface area (Å²) in [6, 6.07) is 6.92. The van der Waals surface area contributed by atoms with Gasteiger partial charge in [0.15, 0.2) is 0 Å². The van der Waals surface area contributed by atoms with Crippen molar-refractivity contribution >= 4 is 34.4 Å². The Hall–Kier alpha value is -1.91. The van der Waals surface area contributed by atoms with Crippen molar-refractivity contribution in [3.8, 4) is 5.75 Å². The van der Waals surface area contributed by atoms with E-state index in [1.807, 2.05) is 37.3 Å². The molecule has 1 aromatic carbocycles. The van der Waals surface area contributed by atoms with Crippen molar-refractivity contribution in [3.63, 3.8) is 0 Å². The van der Waals surface area contributed by atoms with E-state index in [1.54, 1.807) is 17.1 Å². The summed E-state index contributed by atoms with van der Waals surface area (Å²) < 4.78 is 7.06. The van der Waals surface area contributed by atoms with E-state index >= 15 is 0 Å². The lowest BCUT2D eigenvalue weighted by atomic mass is 9.87. The van der Waals surface area contributed by atoms with Crippen molar-refractivity contribution in [1.29, 1.82) is 0 Å². The quantitative estimate of drug-likeness (QED) is 0.315. The number of allylic oxidation sites excluding steroid dienone is 1. The third kappa shape index (κ3) is 6.58. The van der Waals surface area contributed by atoms with E-state index < -0.39 is 18.2 Å². The molecule has 1 aromatic rings. The number of halogens is 1. The monoisotopic (exact) mass is 568 g/mol. The van der Waals surface area contributed by atoms with E-state index in [1.165, 1.54) is 0 Å². The summed E-state index contributed by atoms with van der Waals surface area (Å²) in [5, 5.41) is 23.2. The summed E-state index contributed by atoms with van der Waals surface area (Å²) in [5.74, 6) is 0.150. The molecule has 2 aliphatic carbocycles. The summed E-state index contributed by atoms with van der Waals surface area (Å²) >= 11 is 2.17. The third-order valence-corrected chi connectivity index (χ3v) is 7.03. The Kier molecular flexibility index (Phi) is 9.76. The average Bonchev–Trinajstić information content (AvgIpc) is 3.34. The molecule has 3 atom stereocenters. The highest BCUT2D eigenvalue weighted by atomic mass is 127. The minimum absolute atomic E-state index is 0.0241. The number of benzene rings is 1. The van der Waals surface area contributed by atoms with Gasteiger partial charge in [0.05, 0.1) is 16.2 Å². The van der Waals surface area contributed by atoms with Crippen LogP contribution in [0.2, 0.25) is 0 Å². The minimum atomic E-state index is -0.991. The fraction of sp³-hybridized carbons (Fsp3) is 0.520. The summed E-state index contributed by atoms with van der Waals surface area (Å²) in [5.41, 5.74) is 0.449. The van der Waals surface area contributed by atoms with Crippen LogP contribution in [-0.4, -0.2) is 64.4 Å². The molecule has 33 heavy (non-hydrogen) atoms. The molecule has 0 bridgehead atoms. The molecule has 2 amide bonds. The molecule has 180 valence electrons. The van der Waals surface area contributed by atoms with Crippen LogP contribution < -0.4 is 10.1 Å². The number of rotatable bonds is 9. The van der Waals surface area contributed by atoms with Crippen LogP contribution in [0.1, 0.15) is 45.4 Å². The highest BCUT2D eigenvalue weighted by Crippen LogP contribution is 2.34. The van der Waals surface area contributed by atoms with Crippen molar-refractivity contribution in [2.75, 3.05) is 13.2 Å². The van der Waals surface area contributed by atoms with Gasteiger partial charge in [0.2, 0.25) is 11.8 Å². The maximum absolute atomic E-state index is 13.2. The molecule has 0 heterocycles. The molecule has 0 spiro atoms. The van der Waals surface area contributed by atoms with Gasteiger partial charge in [0.1, 0.15) is 18.0 Å². The topological polar surface area (TPSA) is 99.1 Å². The fourth-order valence-corrected chi connectivity index (χ4v) is 5.05. The van der Waals surface area contributed by atoms with Gasteiger partial charge in [0, 0.05) is 24.6 Å². The van der Waals surface area contributed by atoms with Crippen LogP contribution in [0, 0.1) is 3.57 Å². The summed E-state index contributed by atoms with van der Waals surface area (Å²) in [4.78, 5) is 27.8. The van der Waals surface area contributed by atoms with Gasteiger partial charge in [-0.2, -0.15) is 0 Å². The van der Waals surface area contributed by atoms with Gasteiger partial charge in [-0.25, -0.2) is 0 Å². The first-order valence-corrected chi connectivity index (χ1v) is 12.7. The first-order valence-electron chi connectivity index (χ1n) is 11.6. The molecule has 0 radical (unpaired) electrons. The third-order valence-electron chi connectivity index (χ3n) is 6.14. The predicted molar refractivity (Wildman–Crippen MR) is 135 cm³/mol. The standard InChI is InChI=1S/C25H33IN2O5/c1-2-3-12-23(30)28(18-8-4-5-9-18)20-15-17(25(32)27-13-14-29)16-22(24(20)31)33-21-11-7-6-10-19(21)26/h3,6-7,10-12,16,18,20,22,24,29,31H,2,4-5,8-9,13-15H2,1H3,(H,27,32)/t20-,22+,24+/m1/s1. The lowest BCUT2D eigenvalue weighted by Crippen LogP contribution is -2.57. The molecular weight excluding hydrogens is 535 g/mol. The second-order valence-corrected chi connectivity index (χ2v) is 9.60. The molecule has 0 aliphatic heterocycles. The Labute approximate surface area is 209 Å². The van der Waals surface area contributed by atoms with Crippen LogP contribution in [0.5, 0.6) is 5.75 Å². The Morgan fingerprint density at radius 1 is 1.27 bits per heavy atom. The van der Waals surface area contributed by atoms with E-state index in [4.69, 9.17) is 9.84 Å². The molecule has 1 fully saturated rings. The molecule has 7 nitrogen and oxygen atoms in total. The molecule has 1 saturated carbocycles. The SMILES string of the molecule is CCC=CC(=O)N(C1CCCC1)[C@@H]1CC(C(=O)NCCO)=C[C@H](Oc2ccccc2I)[C@H]1O. The van der Waals surface area contributed by atoms with Crippen molar-refractivity contribution in [1.82, 2.24) is 10.2 Å². The van der Waals surface area contributed by atoms with Crippen LogP contribution in [0.15, 0.2) is 48.1 Å². The maximum atomic E-state index is 13.2. The lowest BCUT2D eigenvalue weighted by molar-refractivity contribution is -0.136. The van der Waals surface area contributed by atoms with Gasteiger partial charge in [-0.3, -0.25) is 9.59 Å². The second-order valence-electron chi connectivity index (χ2n) is 8.44. The number of hydrogen-bond acceptors (Lipinski definition) is 5. The Bertz CT molecular complexity index is 881. The van der Waals surface area contributed by atoms with E-state index in [9.17, 15) is 14.7 Å². The Morgan fingerprint density at radius 3 is 2.67 bits per heavy atom. The number of aliphatic hydroxyl groups is 2. The predicted octanol–water partition coefficient (Wildman–Crippen LogP) is 2.94. The molecule has 8 heteroatoms. The van der Waals surface area contributed by atoms with Crippen LogP contribution >= 0.6 is 22.6 Å². The Morgan fingerprint density at radius 2 is 2.00 bits per heavy atom. The first kappa shape index (κ1) is 25.7. The molecule has 0 saturated heterocycles. The molecule has 0 aromatic heterocycles. The highest BCUT2D eigenvalue weighted by Gasteiger charge is 2.43. The van der Waals surface area contributed by atoms with Gasteiger partial charge in [-0.1, -0.05) is 38.0 Å². The number of aliphatic hydroxyl groups excluding tert-OH is 2. The van der Waals surface area contributed by atoms with Gasteiger partial charge in [-0.05, 0) is 66.1 Å². The zero-order chi connectivity index (χ0) is 23.8. The van der Waals surface area contributed by atoms with E-state index in [-0.39, 0.29) is 37.4 Å². The lowest BCUT2D eigenvalue weighted by Gasteiger charge is -2.43. The van der Waals surface area contributed by atoms with Crippen molar-refractivity contribution in [2.24, 2.45) is 0 Å². The Balaban J connectivity index is 1.95. The highest BCUT2D eigenvalue weighted by molar-refractivity contribution is 14.1.